The van der Waals surface area contributed by atoms with Crippen molar-refractivity contribution in [3.05, 3.63) is 82.7 Å². The fraction of sp³-hybridized carbons (Fsp3) is 0.333. The second kappa shape index (κ2) is 6.81. The van der Waals surface area contributed by atoms with Crippen molar-refractivity contribution in [3.8, 4) is 0 Å². The van der Waals surface area contributed by atoms with Crippen LogP contribution in [0.5, 0.6) is 0 Å². The van der Waals surface area contributed by atoms with Gasteiger partial charge in [-0.1, -0.05) is 24.3 Å². The zero-order chi connectivity index (χ0) is 18.0. The number of aliphatic hydroxyl groups is 1. The van der Waals surface area contributed by atoms with E-state index in [2.05, 4.69) is 47.0 Å². The van der Waals surface area contributed by atoms with Crippen LogP contribution in [0.15, 0.2) is 48.9 Å². The summed E-state index contributed by atoms with van der Waals surface area (Å²) < 4.78 is 0. The summed E-state index contributed by atoms with van der Waals surface area (Å²) in [5, 5.41) is 10.3. The van der Waals surface area contributed by atoms with E-state index >= 15 is 0 Å². The summed E-state index contributed by atoms with van der Waals surface area (Å²) in [5.41, 5.74) is 5.62. The number of nitrogens with one attached hydrogen (secondary N) is 1. The summed E-state index contributed by atoms with van der Waals surface area (Å²) in [4.78, 5) is 12.1. The van der Waals surface area contributed by atoms with Crippen LogP contribution in [0, 0.1) is 13.8 Å². The van der Waals surface area contributed by atoms with Crippen molar-refractivity contribution in [2.75, 3.05) is 0 Å². The lowest BCUT2D eigenvalue weighted by Crippen LogP contribution is -2.18. The molecule has 0 radical (unpaired) electrons. The zero-order valence-electron chi connectivity index (χ0n) is 15.2. The lowest BCUT2D eigenvalue weighted by atomic mass is 9.86. The van der Waals surface area contributed by atoms with Crippen molar-refractivity contribution in [3.63, 3.8) is 0 Å². The van der Waals surface area contributed by atoms with Crippen molar-refractivity contribution >= 4 is 0 Å². The Morgan fingerprint density at radius 1 is 1.12 bits per heavy atom. The lowest BCUT2D eigenvalue weighted by molar-refractivity contribution is 0.0736. The minimum atomic E-state index is -0.946. The van der Waals surface area contributed by atoms with E-state index in [1.54, 1.807) is 20.2 Å². The number of aryl methyl sites for hydroxylation is 1. The summed E-state index contributed by atoms with van der Waals surface area (Å²) in [6, 6.07) is 12.3. The number of H-pyrrole nitrogens is 1. The van der Waals surface area contributed by atoms with E-state index in [1.165, 1.54) is 16.7 Å². The Bertz CT molecular complexity index is 848. The van der Waals surface area contributed by atoms with Crippen LogP contribution in [0.25, 0.3) is 0 Å². The monoisotopic (exact) mass is 335 g/mol. The molecule has 0 saturated carbocycles. The van der Waals surface area contributed by atoms with Gasteiger partial charge in [-0.25, -0.2) is 4.98 Å². The molecule has 0 unspecified atom stereocenters. The fourth-order valence-electron chi connectivity index (χ4n) is 3.14. The molecular weight excluding hydrogens is 310 g/mol. The van der Waals surface area contributed by atoms with Crippen LogP contribution >= 0.6 is 0 Å². The van der Waals surface area contributed by atoms with Crippen molar-refractivity contribution in [2.45, 2.75) is 45.6 Å². The minimum Gasteiger partial charge on any atom is -0.384 e. The van der Waals surface area contributed by atoms with E-state index in [4.69, 9.17) is 0 Å². The van der Waals surface area contributed by atoms with Crippen LogP contribution in [0.4, 0.5) is 0 Å². The van der Waals surface area contributed by atoms with Gasteiger partial charge in [-0.2, -0.15) is 0 Å². The maximum Gasteiger partial charge on any atom is 0.101 e. The Hall–Kier alpha value is -2.46. The number of pyridine rings is 1. The van der Waals surface area contributed by atoms with Gasteiger partial charge in [0, 0.05) is 29.9 Å². The standard InChI is InChI=1S/C21H25N3O/c1-14-7-5-9-17(15(14)2)18(19-12-22-13-23-19)11-16-8-6-10-20(24-16)21(3,4)25/h5-10,12-13,18,25H,11H2,1-4H3,(H,22,23)/t18-/m0/s1. The zero-order valence-corrected chi connectivity index (χ0v) is 15.2. The molecule has 3 rings (SSSR count). The van der Waals surface area contributed by atoms with Crippen LogP contribution in [0.1, 0.15) is 53.5 Å². The van der Waals surface area contributed by atoms with E-state index in [0.717, 1.165) is 17.8 Å². The van der Waals surface area contributed by atoms with Crippen LogP contribution in [-0.2, 0) is 12.0 Å². The maximum absolute atomic E-state index is 10.3. The van der Waals surface area contributed by atoms with Gasteiger partial charge in [-0.3, -0.25) is 4.98 Å². The molecule has 0 fully saturated rings. The average Bonchev–Trinajstić information content (AvgIpc) is 3.09. The molecule has 0 aliphatic rings. The molecule has 25 heavy (non-hydrogen) atoms. The summed E-state index contributed by atoms with van der Waals surface area (Å²) in [6.45, 7) is 7.82. The van der Waals surface area contributed by atoms with E-state index in [1.807, 2.05) is 24.4 Å². The van der Waals surface area contributed by atoms with E-state index in [-0.39, 0.29) is 5.92 Å². The summed E-state index contributed by atoms with van der Waals surface area (Å²) in [7, 11) is 0. The van der Waals surface area contributed by atoms with Crippen molar-refractivity contribution in [2.24, 2.45) is 0 Å². The Morgan fingerprint density at radius 2 is 1.88 bits per heavy atom. The number of aromatic nitrogens is 3. The van der Waals surface area contributed by atoms with Crippen molar-refractivity contribution < 1.29 is 5.11 Å². The molecule has 0 saturated heterocycles. The first kappa shape index (κ1) is 17.4. The highest BCUT2D eigenvalue weighted by atomic mass is 16.3. The van der Waals surface area contributed by atoms with Gasteiger partial charge in [-0.05, 0) is 56.5 Å². The molecule has 2 aromatic heterocycles. The number of hydrogen-bond acceptors (Lipinski definition) is 3. The number of rotatable bonds is 5. The largest absolute Gasteiger partial charge is 0.384 e. The van der Waals surface area contributed by atoms with E-state index < -0.39 is 5.60 Å². The first-order chi connectivity index (χ1) is 11.9. The number of aromatic amines is 1. The van der Waals surface area contributed by atoms with E-state index in [9.17, 15) is 5.11 Å². The maximum atomic E-state index is 10.3. The Kier molecular flexibility index (Phi) is 4.73. The Morgan fingerprint density at radius 3 is 2.56 bits per heavy atom. The Balaban J connectivity index is 2.01. The third kappa shape index (κ3) is 3.80. The van der Waals surface area contributed by atoms with Crippen LogP contribution in [0.2, 0.25) is 0 Å². The predicted octanol–water partition coefficient (Wildman–Crippen LogP) is 4.02. The molecule has 4 heteroatoms. The second-order valence-corrected chi connectivity index (χ2v) is 7.13. The van der Waals surface area contributed by atoms with Gasteiger partial charge in [0.05, 0.1) is 12.0 Å². The first-order valence-corrected chi connectivity index (χ1v) is 8.59. The normalized spacial score (nSPS) is 13.0. The smallest absolute Gasteiger partial charge is 0.101 e. The van der Waals surface area contributed by atoms with Gasteiger partial charge in [0.25, 0.3) is 0 Å². The van der Waals surface area contributed by atoms with Gasteiger partial charge >= 0.3 is 0 Å². The SMILES string of the molecule is Cc1cccc([C@H](Cc2cccc(C(C)(C)O)n2)c2cnc[nH]2)c1C. The number of imidazole rings is 1. The minimum absolute atomic E-state index is 0.145. The quantitative estimate of drug-likeness (QED) is 0.740. The summed E-state index contributed by atoms with van der Waals surface area (Å²) in [6.07, 6.45) is 4.34. The highest BCUT2D eigenvalue weighted by Crippen LogP contribution is 2.30. The van der Waals surface area contributed by atoms with Gasteiger partial charge in [0.15, 0.2) is 0 Å². The number of hydrogen-bond donors (Lipinski definition) is 2. The molecule has 3 aromatic rings. The highest BCUT2D eigenvalue weighted by Gasteiger charge is 2.22. The van der Waals surface area contributed by atoms with Gasteiger partial charge < -0.3 is 10.1 Å². The van der Waals surface area contributed by atoms with Crippen molar-refractivity contribution in [1.82, 2.24) is 15.0 Å². The molecule has 0 aliphatic carbocycles. The van der Waals surface area contributed by atoms with Crippen LogP contribution < -0.4 is 0 Å². The summed E-state index contributed by atoms with van der Waals surface area (Å²) in [5.74, 6) is 0.145. The molecule has 4 nitrogen and oxygen atoms in total. The van der Waals surface area contributed by atoms with Crippen LogP contribution in [0.3, 0.4) is 0 Å². The molecule has 0 aliphatic heterocycles. The molecule has 0 spiro atoms. The topological polar surface area (TPSA) is 61.8 Å². The Labute approximate surface area is 149 Å². The molecule has 2 heterocycles. The first-order valence-electron chi connectivity index (χ1n) is 8.59. The van der Waals surface area contributed by atoms with Crippen LogP contribution in [-0.4, -0.2) is 20.1 Å². The molecule has 130 valence electrons. The lowest BCUT2D eigenvalue weighted by Gasteiger charge is -2.21. The van der Waals surface area contributed by atoms with Gasteiger partial charge in [0.2, 0.25) is 0 Å². The van der Waals surface area contributed by atoms with Gasteiger partial charge in [-0.15, -0.1) is 0 Å². The molecule has 2 N–H and O–H groups in total. The fourth-order valence-corrected chi connectivity index (χ4v) is 3.14. The second-order valence-electron chi connectivity index (χ2n) is 7.13. The highest BCUT2D eigenvalue weighted by molar-refractivity contribution is 5.40. The molecule has 0 bridgehead atoms. The number of benzene rings is 1. The third-order valence-electron chi connectivity index (χ3n) is 4.76. The van der Waals surface area contributed by atoms with Gasteiger partial charge in [0.1, 0.15) is 5.60 Å². The predicted molar refractivity (Wildman–Crippen MR) is 99.5 cm³/mol. The van der Waals surface area contributed by atoms with Crippen molar-refractivity contribution in [1.29, 1.82) is 0 Å². The molecule has 0 amide bonds. The third-order valence-corrected chi connectivity index (χ3v) is 4.76. The average molecular weight is 335 g/mol. The summed E-state index contributed by atoms with van der Waals surface area (Å²) >= 11 is 0. The molecule has 1 aromatic carbocycles. The van der Waals surface area contributed by atoms with E-state index in [0.29, 0.717) is 5.69 Å². The molecular formula is C21H25N3O. The molecule has 1 atom stereocenters. The number of nitrogens with zero attached hydrogens (tertiary/aromatic N) is 2.